The predicted molar refractivity (Wildman–Crippen MR) is 72.0 cm³/mol. The molecule has 8 nitrogen and oxygen atoms in total. The number of nitrogens with zero attached hydrogens (tertiary/aromatic N) is 2. The van der Waals surface area contributed by atoms with Crippen molar-refractivity contribution in [1.29, 1.82) is 0 Å². The van der Waals surface area contributed by atoms with Gasteiger partial charge in [-0.25, -0.2) is 4.98 Å². The van der Waals surface area contributed by atoms with E-state index in [-0.39, 0.29) is 25.2 Å². The lowest BCUT2D eigenvalue weighted by molar-refractivity contribution is -0.268. The quantitative estimate of drug-likeness (QED) is 0.792. The molecule has 24 heavy (non-hydrogen) atoms. The zero-order valence-electron chi connectivity index (χ0n) is 12.9. The fourth-order valence-electron chi connectivity index (χ4n) is 2.57. The number of imidazole rings is 1. The summed E-state index contributed by atoms with van der Waals surface area (Å²) in [6, 6.07) is -0.558. The highest BCUT2D eigenvalue weighted by Crippen LogP contribution is 2.30. The maximum atomic E-state index is 12.7. The molecule has 1 aliphatic rings. The Bertz CT molecular complexity index is 631. The summed E-state index contributed by atoms with van der Waals surface area (Å²) in [5.41, 5.74) is -1.41. The van der Waals surface area contributed by atoms with Crippen molar-refractivity contribution in [2.45, 2.75) is 31.7 Å². The molecular formula is C13H16F3N4O4-. The SMILES string of the molecule is COC1CN(C(=O)[O-])CCC1NC(=O)c1nc(C(F)(F)F)c(C)[nH]1. The van der Waals surface area contributed by atoms with Crippen LogP contribution in [0.5, 0.6) is 0 Å². The van der Waals surface area contributed by atoms with Gasteiger partial charge >= 0.3 is 6.18 Å². The van der Waals surface area contributed by atoms with Crippen molar-refractivity contribution in [2.24, 2.45) is 0 Å². The van der Waals surface area contributed by atoms with Crippen LogP contribution in [0.4, 0.5) is 18.0 Å². The van der Waals surface area contributed by atoms with Gasteiger partial charge in [-0.2, -0.15) is 13.2 Å². The molecule has 2 heterocycles. The lowest BCUT2D eigenvalue weighted by Gasteiger charge is -2.39. The number of H-pyrrole nitrogens is 1. The Kier molecular flexibility index (Phi) is 5.02. The largest absolute Gasteiger partial charge is 0.530 e. The van der Waals surface area contributed by atoms with Gasteiger partial charge in [-0.1, -0.05) is 0 Å². The minimum Gasteiger partial charge on any atom is -0.530 e. The standard InChI is InChI=1S/C13H17F3N4O4/c1-6-9(13(14,15)16)19-10(17-6)11(21)18-7-3-4-20(12(22)23)5-8(7)24-2/h7-8H,3-5H2,1-2H3,(H,17,19)(H,18,21)(H,22,23)/p-1. The van der Waals surface area contributed by atoms with Gasteiger partial charge in [0.05, 0.1) is 12.1 Å². The van der Waals surface area contributed by atoms with Gasteiger partial charge < -0.3 is 29.8 Å². The van der Waals surface area contributed by atoms with E-state index in [4.69, 9.17) is 4.74 Å². The van der Waals surface area contributed by atoms with E-state index in [0.29, 0.717) is 0 Å². The number of carboxylic acid groups (broad SMARTS) is 1. The van der Waals surface area contributed by atoms with Crippen LogP contribution in [0.3, 0.4) is 0 Å². The first kappa shape index (κ1) is 18.0. The van der Waals surface area contributed by atoms with E-state index in [1.54, 1.807) is 0 Å². The van der Waals surface area contributed by atoms with Crippen LogP contribution in [-0.4, -0.2) is 59.2 Å². The lowest BCUT2D eigenvalue weighted by Crippen LogP contribution is -2.58. The highest BCUT2D eigenvalue weighted by Gasteiger charge is 2.37. The molecule has 2 N–H and O–H groups in total. The third-order valence-electron chi connectivity index (χ3n) is 3.80. The third-order valence-corrected chi connectivity index (χ3v) is 3.80. The number of likely N-dealkylation sites (tertiary alicyclic amines) is 1. The molecule has 1 aliphatic heterocycles. The van der Waals surface area contributed by atoms with E-state index in [0.717, 1.165) is 4.90 Å². The number of carbonyl (C=O) groups is 2. The maximum absolute atomic E-state index is 12.7. The summed E-state index contributed by atoms with van der Waals surface area (Å²) in [5.74, 6) is -1.28. The van der Waals surface area contributed by atoms with Crippen LogP contribution in [0.25, 0.3) is 0 Å². The molecule has 1 aromatic rings. The number of amides is 2. The van der Waals surface area contributed by atoms with Gasteiger partial charge in [0.2, 0.25) is 0 Å². The summed E-state index contributed by atoms with van der Waals surface area (Å²) < 4.78 is 43.3. The number of aromatic nitrogens is 2. The van der Waals surface area contributed by atoms with Crippen LogP contribution < -0.4 is 10.4 Å². The number of hydrogen-bond acceptors (Lipinski definition) is 5. The molecule has 0 spiro atoms. The molecule has 2 amide bonds. The van der Waals surface area contributed by atoms with Crippen molar-refractivity contribution in [2.75, 3.05) is 20.2 Å². The van der Waals surface area contributed by atoms with Gasteiger partial charge in [-0.3, -0.25) is 4.79 Å². The van der Waals surface area contributed by atoms with Crippen LogP contribution in [0.15, 0.2) is 0 Å². The van der Waals surface area contributed by atoms with E-state index < -0.39 is 41.8 Å². The number of carbonyl (C=O) groups excluding carboxylic acids is 2. The number of aryl methyl sites for hydroxylation is 1. The topological polar surface area (TPSA) is 110 Å². The Balaban J connectivity index is 2.08. The van der Waals surface area contributed by atoms with Crippen molar-refractivity contribution in [3.05, 3.63) is 17.2 Å². The van der Waals surface area contributed by atoms with Crippen molar-refractivity contribution in [3.63, 3.8) is 0 Å². The van der Waals surface area contributed by atoms with Crippen molar-refractivity contribution in [3.8, 4) is 0 Å². The molecular weight excluding hydrogens is 333 g/mol. The fraction of sp³-hybridized carbons (Fsp3) is 0.615. The maximum Gasteiger partial charge on any atom is 0.435 e. The van der Waals surface area contributed by atoms with Gasteiger partial charge in [0.1, 0.15) is 6.09 Å². The zero-order valence-corrected chi connectivity index (χ0v) is 12.9. The minimum absolute atomic E-state index is 0.00519. The number of hydrogen-bond donors (Lipinski definition) is 2. The number of piperidine rings is 1. The first-order valence-corrected chi connectivity index (χ1v) is 7.07. The third kappa shape index (κ3) is 3.78. The molecule has 1 fully saturated rings. The van der Waals surface area contributed by atoms with Gasteiger partial charge in [-0.05, 0) is 13.3 Å². The van der Waals surface area contributed by atoms with E-state index in [9.17, 15) is 27.9 Å². The summed E-state index contributed by atoms with van der Waals surface area (Å²) in [6.07, 6.45) is -6.41. The number of halogens is 3. The molecule has 0 radical (unpaired) electrons. The summed E-state index contributed by atoms with van der Waals surface area (Å²) in [5, 5.41) is 13.4. The van der Waals surface area contributed by atoms with Crippen LogP contribution >= 0.6 is 0 Å². The first-order valence-electron chi connectivity index (χ1n) is 7.07. The smallest absolute Gasteiger partial charge is 0.435 e. The molecule has 2 unspecified atom stereocenters. The fourth-order valence-corrected chi connectivity index (χ4v) is 2.57. The second kappa shape index (κ2) is 6.67. The highest BCUT2D eigenvalue weighted by atomic mass is 19.4. The monoisotopic (exact) mass is 349 g/mol. The number of nitrogens with one attached hydrogen (secondary N) is 2. The van der Waals surface area contributed by atoms with Crippen LogP contribution in [0, 0.1) is 6.92 Å². The van der Waals surface area contributed by atoms with Crippen molar-refractivity contribution in [1.82, 2.24) is 20.2 Å². The molecule has 11 heteroatoms. The first-order chi connectivity index (χ1) is 11.1. The summed E-state index contributed by atoms with van der Waals surface area (Å²) >= 11 is 0. The molecule has 1 saturated heterocycles. The summed E-state index contributed by atoms with van der Waals surface area (Å²) in [7, 11) is 1.35. The lowest BCUT2D eigenvalue weighted by atomic mass is 10.0. The molecule has 1 aromatic heterocycles. The van der Waals surface area contributed by atoms with Gasteiger partial charge in [0.15, 0.2) is 11.5 Å². The van der Waals surface area contributed by atoms with E-state index in [1.165, 1.54) is 14.0 Å². The zero-order chi connectivity index (χ0) is 18.1. The van der Waals surface area contributed by atoms with Crippen LogP contribution in [0.1, 0.15) is 28.4 Å². The van der Waals surface area contributed by atoms with Gasteiger partial charge in [-0.15, -0.1) is 0 Å². The second-order valence-electron chi connectivity index (χ2n) is 5.41. The van der Waals surface area contributed by atoms with Gasteiger partial charge in [0, 0.05) is 25.9 Å². The predicted octanol–water partition coefficient (Wildman–Crippen LogP) is -0.101. The highest BCUT2D eigenvalue weighted by molar-refractivity contribution is 5.91. The number of rotatable bonds is 3. The Hall–Kier alpha value is -2.30. The van der Waals surface area contributed by atoms with Gasteiger partial charge in [0.25, 0.3) is 5.91 Å². The Morgan fingerprint density at radius 3 is 2.62 bits per heavy atom. The number of aromatic amines is 1. The molecule has 2 atom stereocenters. The van der Waals surface area contributed by atoms with E-state index in [1.807, 2.05) is 0 Å². The normalized spacial score (nSPS) is 21.6. The Morgan fingerprint density at radius 2 is 2.12 bits per heavy atom. The number of ether oxygens (including phenoxy) is 1. The van der Waals surface area contributed by atoms with E-state index in [2.05, 4.69) is 15.3 Å². The molecule has 0 aromatic carbocycles. The molecule has 2 rings (SSSR count). The Labute approximate surface area is 135 Å². The number of alkyl halides is 3. The second-order valence-corrected chi connectivity index (χ2v) is 5.41. The summed E-state index contributed by atoms with van der Waals surface area (Å²) in [4.78, 5) is 29.6. The van der Waals surface area contributed by atoms with Crippen molar-refractivity contribution < 1.29 is 32.6 Å². The summed E-state index contributed by atoms with van der Waals surface area (Å²) in [6.45, 7) is 1.29. The minimum atomic E-state index is -4.66. The van der Waals surface area contributed by atoms with Crippen molar-refractivity contribution >= 4 is 12.0 Å². The molecule has 0 saturated carbocycles. The molecule has 0 bridgehead atoms. The number of methoxy groups -OCH3 is 1. The van der Waals surface area contributed by atoms with Crippen LogP contribution in [0.2, 0.25) is 0 Å². The van der Waals surface area contributed by atoms with E-state index >= 15 is 0 Å². The molecule has 0 aliphatic carbocycles. The average Bonchev–Trinajstić information content (AvgIpc) is 2.89. The van der Waals surface area contributed by atoms with Crippen LogP contribution in [-0.2, 0) is 10.9 Å². The molecule has 134 valence electrons. The average molecular weight is 349 g/mol. The Morgan fingerprint density at radius 1 is 1.46 bits per heavy atom.